The summed E-state index contributed by atoms with van der Waals surface area (Å²) < 4.78 is 7.55. The van der Waals surface area contributed by atoms with Crippen LogP contribution in [-0.2, 0) is 19.1 Å². The molecule has 14 heteroatoms. The average molecular weight is 731 g/mol. The molecule has 2 fully saturated rings. The van der Waals surface area contributed by atoms with E-state index in [4.69, 9.17) is 9.72 Å². The maximum Gasteiger partial charge on any atom is 0.408 e. The summed E-state index contributed by atoms with van der Waals surface area (Å²) in [6, 6.07) is 1.94. The molecule has 1 saturated carbocycles. The van der Waals surface area contributed by atoms with Gasteiger partial charge in [-0.05, 0) is 70.9 Å². The highest BCUT2D eigenvalue weighted by Crippen LogP contribution is 2.57. The number of ketones is 1. The number of hydrogen-bond donors (Lipinski definition) is 2. The number of hydrogen-bond acceptors (Lipinski definition) is 10. The van der Waals surface area contributed by atoms with Crippen molar-refractivity contribution in [1.82, 2.24) is 29.7 Å². The average Bonchev–Trinajstić information content (AvgIpc) is 3.72. The van der Waals surface area contributed by atoms with Crippen molar-refractivity contribution in [3.8, 4) is 21.1 Å². The third-order valence-electron chi connectivity index (χ3n) is 10.1. The number of aliphatic carboxylic acids is 1. The number of ether oxygens (including phenoxy) is 1. The number of fused-ring (bicyclic) bond motifs is 3. The minimum absolute atomic E-state index is 0.171. The SMILES string of the molecule is CC(C)(C)OC(=O)N[C@H]1CCCCC/C=C\[C@@H]2C[C@@]2(C(=O)O)CC(=O)[C@@H]2C[C@@H](n3cnc4c(-c5nccs5)cc(-c5nccs5)cc43)CN2C1=O. The summed E-state index contributed by atoms with van der Waals surface area (Å²) >= 11 is 3.04. The van der Waals surface area contributed by atoms with Crippen LogP contribution < -0.4 is 5.32 Å². The second kappa shape index (κ2) is 13.9. The number of carboxylic acid groups (broad SMARTS) is 1. The van der Waals surface area contributed by atoms with Crippen LogP contribution in [0.3, 0.4) is 0 Å². The van der Waals surface area contributed by atoms with Crippen molar-refractivity contribution in [2.75, 3.05) is 6.54 Å². The van der Waals surface area contributed by atoms with Gasteiger partial charge in [-0.25, -0.2) is 19.7 Å². The van der Waals surface area contributed by atoms with Gasteiger partial charge in [0.25, 0.3) is 0 Å². The van der Waals surface area contributed by atoms with Crippen LogP contribution in [-0.4, -0.2) is 77.5 Å². The summed E-state index contributed by atoms with van der Waals surface area (Å²) in [6.45, 7) is 5.47. The van der Waals surface area contributed by atoms with Crippen molar-refractivity contribution >= 4 is 57.5 Å². The van der Waals surface area contributed by atoms with E-state index in [0.29, 0.717) is 19.3 Å². The van der Waals surface area contributed by atoms with E-state index < -0.39 is 35.2 Å². The lowest BCUT2D eigenvalue weighted by Gasteiger charge is -2.30. The normalized spacial score (nSPS) is 26.5. The summed E-state index contributed by atoms with van der Waals surface area (Å²) in [5.41, 5.74) is 1.39. The van der Waals surface area contributed by atoms with E-state index in [9.17, 15) is 24.3 Å². The van der Waals surface area contributed by atoms with Gasteiger partial charge in [-0.3, -0.25) is 14.4 Å². The first-order valence-electron chi connectivity index (χ1n) is 17.5. The number of carbonyl (C=O) groups excluding carboxylic acids is 3. The fourth-order valence-corrected chi connectivity index (χ4v) is 8.77. The number of alkyl carbamates (subject to hydrolysis) is 1. The topological polar surface area (TPSA) is 157 Å². The monoisotopic (exact) mass is 730 g/mol. The Labute approximate surface area is 304 Å². The molecule has 7 rings (SSSR count). The molecule has 12 nitrogen and oxygen atoms in total. The van der Waals surface area contributed by atoms with Crippen LogP contribution in [0.25, 0.3) is 32.2 Å². The lowest BCUT2D eigenvalue weighted by molar-refractivity contribution is -0.147. The van der Waals surface area contributed by atoms with E-state index >= 15 is 0 Å². The van der Waals surface area contributed by atoms with Gasteiger partial charge >= 0.3 is 12.1 Å². The van der Waals surface area contributed by atoms with Gasteiger partial charge in [0.1, 0.15) is 21.7 Å². The maximum atomic E-state index is 14.6. The van der Waals surface area contributed by atoms with Crippen LogP contribution in [0.5, 0.6) is 0 Å². The minimum atomic E-state index is -1.18. The first kappa shape index (κ1) is 35.0. The Balaban J connectivity index is 1.27. The van der Waals surface area contributed by atoms with E-state index in [2.05, 4.69) is 15.3 Å². The first-order chi connectivity index (χ1) is 24.4. The van der Waals surface area contributed by atoms with Crippen molar-refractivity contribution in [3.05, 3.63) is 53.8 Å². The Morgan fingerprint density at radius 1 is 1.04 bits per heavy atom. The van der Waals surface area contributed by atoms with Crippen molar-refractivity contribution in [2.24, 2.45) is 11.3 Å². The predicted molar refractivity (Wildman–Crippen MR) is 194 cm³/mol. The molecule has 3 aliphatic rings. The van der Waals surface area contributed by atoms with Crippen LogP contribution in [0.15, 0.2) is 53.8 Å². The Hall–Kier alpha value is -4.43. The van der Waals surface area contributed by atoms with Crippen LogP contribution in [0.1, 0.15) is 78.2 Å². The second-order valence-electron chi connectivity index (χ2n) is 14.8. The van der Waals surface area contributed by atoms with Gasteiger partial charge in [-0.1, -0.05) is 25.0 Å². The zero-order valence-electron chi connectivity index (χ0n) is 28.9. The number of aromatic nitrogens is 4. The highest BCUT2D eigenvalue weighted by molar-refractivity contribution is 7.13. The van der Waals surface area contributed by atoms with Crippen molar-refractivity contribution in [3.63, 3.8) is 0 Å². The Bertz CT molecular complexity index is 1970. The van der Waals surface area contributed by atoms with Gasteiger partial charge < -0.3 is 24.6 Å². The number of imidazole rings is 1. The molecule has 0 bridgehead atoms. The molecule has 5 heterocycles. The van der Waals surface area contributed by atoms with E-state index in [1.54, 1.807) is 44.4 Å². The Morgan fingerprint density at radius 3 is 2.51 bits per heavy atom. The van der Waals surface area contributed by atoms with Gasteiger partial charge in [-0.15, -0.1) is 22.7 Å². The van der Waals surface area contributed by atoms with Gasteiger partial charge in [0, 0.05) is 47.2 Å². The molecule has 1 aliphatic carbocycles. The molecule has 51 heavy (non-hydrogen) atoms. The zero-order chi connectivity index (χ0) is 35.9. The van der Waals surface area contributed by atoms with Gasteiger partial charge in [0.05, 0.1) is 34.9 Å². The Morgan fingerprint density at radius 2 is 1.80 bits per heavy atom. The number of allylic oxidation sites excluding steroid dienone is 2. The molecular weight excluding hydrogens is 689 g/mol. The van der Waals surface area contributed by atoms with Crippen LogP contribution in [0.4, 0.5) is 4.79 Å². The van der Waals surface area contributed by atoms with Crippen LogP contribution >= 0.6 is 22.7 Å². The predicted octanol–water partition coefficient (Wildman–Crippen LogP) is 6.89. The molecule has 2 amide bonds. The fourth-order valence-electron chi connectivity index (χ4n) is 7.49. The summed E-state index contributed by atoms with van der Waals surface area (Å²) in [5.74, 6) is -1.87. The molecule has 0 radical (unpaired) electrons. The molecule has 0 unspecified atom stereocenters. The third-order valence-corrected chi connectivity index (χ3v) is 11.7. The summed E-state index contributed by atoms with van der Waals surface area (Å²) in [7, 11) is 0. The minimum Gasteiger partial charge on any atom is -0.481 e. The molecule has 268 valence electrons. The molecule has 5 atom stereocenters. The van der Waals surface area contributed by atoms with E-state index in [1.807, 2.05) is 39.6 Å². The highest BCUT2D eigenvalue weighted by Gasteiger charge is 2.61. The van der Waals surface area contributed by atoms with Gasteiger partial charge in [0.15, 0.2) is 5.78 Å². The lowest BCUT2D eigenvalue weighted by atomic mass is 9.91. The number of amides is 2. The second-order valence-corrected chi connectivity index (χ2v) is 16.6. The number of nitrogens with zero attached hydrogens (tertiary/aromatic N) is 5. The van der Waals surface area contributed by atoms with E-state index in [-0.39, 0.29) is 43.0 Å². The number of nitrogens with one attached hydrogen (secondary N) is 1. The van der Waals surface area contributed by atoms with E-state index in [0.717, 1.165) is 51.4 Å². The smallest absolute Gasteiger partial charge is 0.408 e. The molecule has 1 aromatic carbocycles. The van der Waals surface area contributed by atoms with Crippen molar-refractivity contribution < 1.29 is 29.0 Å². The first-order valence-corrected chi connectivity index (χ1v) is 19.2. The molecule has 2 aliphatic heterocycles. The highest BCUT2D eigenvalue weighted by atomic mass is 32.1. The van der Waals surface area contributed by atoms with Crippen LogP contribution in [0, 0.1) is 11.3 Å². The van der Waals surface area contributed by atoms with E-state index in [1.165, 1.54) is 22.7 Å². The third kappa shape index (κ3) is 7.21. The number of benzene rings is 1. The summed E-state index contributed by atoms with van der Waals surface area (Å²) in [5, 5.41) is 18.6. The molecular formula is C37H42N6O6S2. The number of carbonyl (C=O) groups is 4. The number of rotatable bonds is 5. The van der Waals surface area contributed by atoms with Gasteiger partial charge in [-0.2, -0.15) is 0 Å². The van der Waals surface area contributed by atoms with Gasteiger partial charge in [0.2, 0.25) is 5.91 Å². The number of Topliss-reactive ketones (excluding diaryl/α,β-unsaturated/α-hetero) is 1. The standard InChI is InChI=1S/C37H42N6O6S2/c1-36(2,3)49-35(48)41-26-10-8-6-4-5-7-9-23-18-37(23,34(46)47)19-29(44)27-17-24(20-42(27)33(26)45)43-21-40-30-25(32-39-12-14-51-32)15-22(16-28(30)43)31-38-11-13-50-31/h7,9,11-16,21,23-24,26-27H,4-6,8,10,17-20H2,1-3H3,(H,41,48)(H,46,47)/b9-7-/t23-,24-,26+,27+,37-/m1/s1. The summed E-state index contributed by atoms with van der Waals surface area (Å²) in [4.78, 5) is 70.0. The number of carboxylic acids is 1. The fraction of sp³-hybridized carbons (Fsp3) is 0.486. The largest absolute Gasteiger partial charge is 0.481 e. The zero-order valence-corrected chi connectivity index (χ0v) is 30.5. The quantitative estimate of drug-likeness (QED) is 0.209. The molecule has 0 spiro atoms. The van der Waals surface area contributed by atoms with Crippen molar-refractivity contribution in [2.45, 2.75) is 95.9 Å². The number of thiazole rings is 2. The lowest BCUT2D eigenvalue weighted by Crippen LogP contribution is -2.52. The summed E-state index contributed by atoms with van der Waals surface area (Å²) in [6.07, 6.45) is 12.6. The maximum absolute atomic E-state index is 14.6. The Kier molecular flexibility index (Phi) is 9.57. The molecule has 2 N–H and O–H groups in total. The van der Waals surface area contributed by atoms with Crippen molar-refractivity contribution in [1.29, 1.82) is 0 Å². The van der Waals surface area contributed by atoms with Crippen LogP contribution in [0.2, 0.25) is 0 Å². The molecule has 4 aromatic rings. The molecule has 3 aromatic heterocycles. The molecule has 1 saturated heterocycles.